The fourth-order valence-electron chi connectivity index (χ4n) is 3.26. The first-order valence-electron chi connectivity index (χ1n) is 9.12. The first kappa shape index (κ1) is 17.7. The van der Waals surface area contributed by atoms with Gasteiger partial charge in [-0.15, -0.1) is 0 Å². The minimum absolute atomic E-state index is 0.160. The van der Waals surface area contributed by atoms with Crippen molar-refractivity contribution < 1.29 is 9.21 Å². The lowest BCUT2D eigenvalue weighted by Gasteiger charge is -2.19. The Hall–Kier alpha value is -3.66. The molecule has 0 saturated heterocycles. The van der Waals surface area contributed by atoms with Crippen molar-refractivity contribution in [3.63, 3.8) is 0 Å². The van der Waals surface area contributed by atoms with E-state index in [1.54, 1.807) is 12.1 Å². The van der Waals surface area contributed by atoms with E-state index in [1.165, 1.54) is 0 Å². The van der Waals surface area contributed by atoms with Crippen LogP contribution in [0.5, 0.6) is 0 Å². The number of fused-ring (bicyclic) bond motifs is 1. The summed E-state index contributed by atoms with van der Waals surface area (Å²) in [5.41, 5.74) is 2.22. The van der Waals surface area contributed by atoms with E-state index in [0.717, 1.165) is 16.5 Å². The monoisotopic (exact) mass is 369 g/mol. The molecule has 4 heteroatoms. The quantitative estimate of drug-likeness (QED) is 0.535. The zero-order valence-electron chi connectivity index (χ0n) is 15.2. The lowest BCUT2D eigenvalue weighted by Crippen LogP contribution is -2.33. The van der Waals surface area contributed by atoms with E-state index < -0.39 is 11.7 Å². The Labute approximate surface area is 162 Å². The molecule has 0 spiro atoms. The molecule has 138 valence electrons. The molecule has 28 heavy (non-hydrogen) atoms. The minimum Gasteiger partial charge on any atom is -0.422 e. The zero-order chi connectivity index (χ0) is 19.3. The van der Waals surface area contributed by atoms with E-state index >= 15 is 0 Å². The van der Waals surface area contributed by atoms with Gasteiger partial charge in [0.15, 0.2) is 0 Å². The topological polar surface area (TPSA) is 59.3 Å². The van der Waals surface area contributed by atoms with Crippen molar-refractivity contribution in [2.75, 3.05) is 0 Å². The number of benzene rings is 3. The van der Waals surface area contributed by atoms with Crippen LogP contribution in [0.25, 0.3) is 11.0 Å². The third kappa shape index (κ3) is 3.86. The summed E-state index contributed by atoms with van der Waals surface area (Å²) in [6.45, 7) is 0. The molecule has 0 radical (unpaired) electrons. The van der Waals surface area contributed by atoms with Gasteiger partial charge in [-0.2, -0.15) is 0 Å². The number of carbonyl (C=O) groups excluding carboxylic acids is 1. The molecule has 1 heterocycles. The third-order valence-electron chi connectivity index (χ3n) is 4.63. The molecule has 0 aliphatic heterocycles. The van der Waals surface area contributed by atoms with E-state index in [-0.39, 0.29) is 12.3 Å². The highest BCUT2D eigenvalue weighted by Gasteiger charge is 2.21. The molecule has 0 fully saturated rings. The Morgan fingerprint density at radius 2 is 1.50 bits per heavy atom. The number of hydrogen-bond acceptors (Lipinski definition) is 3. The lowest BCUT2D eigenvalue weighted by molar-refractivity contribution is -0.120. The average Bonchev–Trinajstić information content (AvgIpc) is 2.73. The highest BCUT2D eigenvalue weighted by molar-refractivity contribution is 5.80. The predicted octanol–water partition coefficient (Wildman–Crippen LogP) is 4.24. The summed E-state index contributed by atoms with van der Waals surface area (Å²) >= 11 is 0. The normalized spacial score (nSPS) is 11.9. The van der Waals surface area contributed by atoms with Crippen LogP contribution in [-0.4, -0.2) is 5.91 Å². The van der Waals surface area contributed by atoms with Crippen LogP contribution in [0.15, 0.2) is 100 Å². The largest absolute Gasteiger partial charge is 0.422 e. The van der Waals surface area contributed by atoms with Gasteiger partial charge in [0.05, 0.1) is 18.0 Å². The van der Waals surface area contributed by atoms with E-state index in [9.17, 15) is 9.59 Å². The van der Waals surface area contributed by atoms with Crippen LogP contribution >= 0.6 is 0 Å². The Morgan fingerprint density at radius 3 is 2.25 bits per heavy atom. The van der Waals surface area contributed by atoms with Crippen molar-refractivity contribution in [2.45, 2.75) is 12.5 Å². The van der Waals surface area contributed by atoms with Crippen molar-refractivity contribution in [3.05, 3.63) is 118 Å². The number of carbonyl (C=O) groups is 1. The molecule has 1 N–H and O–H groups in total. The number of para-hydroxylation sites is 1. The third-order valence-corrected chi connectivity index (χ3v) is 4.63. The van der Waals surface area contributed by atoms with Crippen LogP contribution < -0.4 is 10.9 Å². The van der Waals surface area contributed by atoms with Crippen molar-refractivity contribution in [1.82, 2.24) is 5.32 Å². The second-order valence-corrected chi connectivity index (χ2v) is 6.60. The maximum atomic E-state index is 12.7. The lowest BCUT2D eigenvalue weighted by atomic mass is 9.98. The number of hydrogen-bond donors (Lipinski definition) is 1. The smallest absolute Gasteiger partial charge is 0.341 e. The SMILES string of the molecule is O=C(Cc1ccccc1)NC(c1ccccc1)c1cc2ccccc2oc1=O. The van der Waals surface area contributed by atoms with Crippen LogP contribution in [0, 0.1) is 0 Å². The first-order chi connectivity index (χ1) is 13.7. The maximum absolute atomic E-state index is 12.7. The number of amides is 1. The molecule has 3 aromatic carbocycles. The molecular formula is C24H19NO3. The van der Waals surface area contributed by atoms with Gasteiger partial charge in [0.1, 0.15) is 5.58 Å². The van der Waals surface area contributed by atoms with Gasteiger partial charge in [-0.1, -0.05) is 78.9 Å². The Kier molecular flexibility index (Phi) is 5.02. The van der Waals surface area contributed by atoms with E-state index in [2.05, 4.69) is 5.32 Å². The van der Waals surface area contributed by atoms with Crippen LogP contribution in [0.4, 0.5) is 0 Å². The van der Waals surface area contributed by atoms with Crippen molar-refractivity contribution >= 4 is 16.9 Å². The summed E-state index contributed by atoms with van der Waals surface area (Å²) in [5.74, 6) is -0.160. The Morgan fingerprint density at radius 1 is 0.857 bits per heavy atom. The summed E-state index contributed by atoms with van der Waals surface area (Å²) in [4.78, 5) is 25.4. The summed E-state index contributed by atoms with van der Waals surface area (Å²) < 4.78 is 5.49. The van der Waals surface area contributed by atoms with E-state index in [1.807, 2.05) is 78.9 Å². The molecule has 4 nitrogen and oxygen atoms in total. The van der Waals surface area contributed by atoms with Gasteiger partial charge in [-0.3, -0.25) is 4.79 Å². The molecule has 4 aromatic rings. The van der Waals surface area contributed by atoms with Crippen LogP contribution in [0.3, 0.4) is 0 Å². The van der Waals surface area contributed by atoms with Crippen molar-refractivity contribution in [2.24, 2.45) is 0 Å². The van der Waals surface area contributed by atoms with Crippen LogP contribution in [0.1, 0.15) is 22.7 Å². The fourth-order valence-corrected chi connectivity index (χ4v) is 3.26. The molecule has 1 aromatic heterocycles. The van der Waals surface area contributed by atoms with Crippen LogP contribution in [-0.2, 0) is 11.2 Å². The second-order valence-electron chi connectivity index (χ2n) is 6.60. The number of nitrogens with one attached hydrogen (secondary N) is 1. The highest BCUT2D eigenvalue weighted by atomic mass is 16.4. The van der Waals surface area contributed by atoms with Crippen molar-refractivity contribution in [3.8, 4) is 0 Å². The van der Waals surface area contributed by atoms with E-state index in [0.29, 0.717) is 11.1 Å². The molecular weight excluding hydrogens is 350 g/mol. The van der Waals surface area contributed by atoms with Crippen LogP contribution in [0.2, 0.25) is 0 Å². The molecule has 0 aliphatic carbocycles. The highest BCUT2D eigenvalue weighted by Crippen LogP contribution is 2.23. The zero-order valence-corrected chi connectivity index (χ0v) is 15.2. The number of rotatable bonds is 5. The van der Waals surface area contributed by atoms with Gasteiger partial charge < -0.3 is 9.73 Å². The molecule has 0 aliphatic rings. The predicted molar refractivity (Wildman–Crippen MR) is 109 cm³/mol. The first-order valence-corrected chi connectivity index (χ1v) is 9.12. The van der Waals surface area contributed by atoms with Gasteiger partial charge in [-0.25, -0.2) is 4.79 Å². The summed E-state index contributed by atoms with van der Waals surface area (Å²) in [5, 5.41) is 3.82. The molecule has 4 rings (SSSR count). The molecule has 0 saturated carbocycles. The van der Waals surface area contributed by atoms with Crippen molar-refractivity contribution in [1.29, 1.82) is 0 Å². The Bertz CT molecular complexity index is 1150. The summed E-state index contributed by atoms with van der Waals surface area (Å²) in [6, 6.07) is 27.5. The van der Waals surface area contributed by atoms with Gasteiger partial charge in [-0.05, 0) is 23.3 Å². The maximum Gasteiger partial charge on any atom is 0.341 e. The molecule has 1 unspecified atom stereocenters. The summed E-state index contributed by atoms with van der Waals surface area (Å²) in [7, 11) is 0. The minimum atomic E-state index is -0.585. The summed E-state index contributed by atoms with van der Waals surface area (Å²) in [6.07, 6.45) is 0.239. The Balaban J connectivity index is 1.71. The van der Waals surface area contributed by atoms with Gasteiger partial charge >= 0.3 is 5.63 Å². The van der Waals surface area contributed by atoms with Gasteiger partial charge in [0.25, 0.3) is 0 Å². The van der Waals surface area contributed by atoms with Gasteiger partial charge in [0, 0.05) is 5.39 Å². The van der Waals surface area contributed by atoms with Gasteiger partial charge in [0.2, 0.25) is 5.91 Å². The average molecular weight is 369 g/mol. The molecule has 1 atom stereocenters. The fraction of sp³-hybridized carbons (Fsp3) is 0.0833. The second kappa shape index (κ2) is 7.92. The van der Waals surface area contributed by atoms with E-state index in [4.69, 9.17) is 4.42 Å². The standard InChI is InChI=1S/C24H19NO3/c26-22(15-17-9-3-1-4-10-17)25-23(18-11-5-2-6-12-18)20-16-19-13-7-8-14-21(19)28-24(20)27/h1-14,16,23H,15H2,(H,25,26). The molecule has 0 bridgehead atoms. The molecule has 1 amide bonds.